The Morgan fingerprint density at radius 2 is 1.77 bits per heavy atom. The topological polar surface area (TPSA) is 66.5 Å². The van der Waals surface area contributed by atoms with E-state index in [9.17, 15) is 17.6 Å². The van der Waals surface area contributed by atoms with E-state index in [1.165, 1.54) is 47.0 Å². The third-order valence-electron chi connectivity index (χ3n) is 4.53. The number of halogens is 2. The van der Waals surface area contributed by atoms with Gasteiger partial charge in [0.1, 0.15) is 11.2 Å². The minimum Gasteiger partial charge on any atom is -0.292 e. The fourth-order valence-electron chi connectivity index (χ4n) is 3.16. The van der Waals surface area contributed by atoms with Gasteiger partial charge in [0.15, 0.2) is 0 Å². The number of amides is 1. The maximum absolute atomic E-state index is 14.3. The molecule has 0 spiro atoms. The molecule has 1 heterocycles. The van der Waals surface area contributed by atoms with Gasteiger partial charge in [0.05, 0.1) is 16.3 Å². The van der Waals surface area contributed by atoms with Gasteiger partial charge < -0.3 is 0 Å². The van der Waals surface area contributed by atoms with Gasteiger partial charge in [0.2, 0.25) is 5.91 Å². The van der Waals surface area contributed by atoms with Gasteiger partial charge in [-0.1, -0.05) is 35.9 Å². The maximum Gasteiger partial charge on any atom is 0.261 e. The Morgan fingerprint density at radius 3 is 2.50 bits per heavy atom. The van der Waals surface area contributed by atoms with Crippen LogP contribution in [0.1, 0.15) is 10.9 Å². The van der Waals surface area contributed by atoms with E-state index in [4.69, 9.17) is 11.6 Å². The predicted molar refractivity (Wildman–Crippen MR) is 118 cm³/mol. The number of sulfonamides is 1. The zero-order chi connectivity index (χ0) is 21.3. The molecule has 1 unspecified atom stereocenters. The number of hydrogen-bond acceptors (Lipinski definition) is 4. The van der Waals surface area contributed by atoms with Crippen molar-refractivity contribution in [2.24, 2.45) is 0 Å². The lowest BCUT2D eigenvalue weighted by atomic mass is 10.1. The van der Waals surface area contributed by atoms with E-state index < -0.39 is 21.2 Å². The van der Waals surface area contributed by atoms with Crippen LogP contribution in [-0.4, -0.2) is 20.1 Å². The summed E-state index contributed by atoms with van der Waals surface area (Å²) < 4.78 is 42.2. The number of anilines is 2. The molecule has 1 fully saturated rings. The molecule has 30 heavy (non-hydrogen) atoms. The fourth-order valence-corrected chi connectivity index (χ4v) is 5.50. The highest BCUT2D eigenvalue weighted by atomic mass is 35.5. The molecule has 0 bridgehead atoms. The Morgan fingerprint density at radius 1 is 1.03 bits per heavy atom. The van der Waals surface area contributed by atoms with E-state index >= 15 is 0 Å². The molecule has 1 atom stereocenters. The second-order valence-electron chi connectivity index (χ2n) is 6.56. The molecule has 0 aliphatic carbocycles. The van der Waals surface area contributed by atoms with Crippen molar-refractivity contribution in [3.05, 3.63) is 89.2 Å². The summed E-state index contributed by atoms with van der Waals surface area (Å²) in [5.74, 6) is -0.486. The van der Waals surface area contributed by atoms with Crippen LogP contribution in [0.2, 0.25) is 5.02 Å². The Kier molecular flexibility index (Phi) is 5.73. The first-order chi connectivity index (χ1) is 14.3. The van der Waals surface area contributed by atoms with Gasteiger partial charge in [0, 0.05) is 10.7 Å². The normalized spacial score (nSPS) is 16.7. The summed E-state index contributed by atoms with van der Waals surface area (Å²) in [5, 5.41) is -0.0264. The van der Waals surface area contributed by atoms with Crippen LogP contribution < -0.4 is 9.62 Å². The molecule has 1 aliphatic rings. The molecule has 0 radical (unpaired) electrons. The summed E-state index contributed by atoms with van der Waals surface area (Å²) in [4.78, 5) is 13.9. The van der Waals surface area contributed by atoms with Crippen molar-refractivity contribution in [1.29, 1.82) is 0 Å². The van der Waals surface area contributed by atoms with E-state index in [0.717, 1.165) is 0 Å². The molecular formula is C21H16ClFN2O3S2. The number of carbonyl (C=O) groups is 1. The van der Waals surface area contributed by atoms with E-state index in [0.29, 0.717) is 16.3 Å². The molecule has 1 saturated heterocycles. The van der Waals surface area contributed by atoms with Gasteiger partial charge >= 0.3 is 0 Å². The minimum atomic E-state index is -3.81. The first-order valence-corrected chi connectivity index (χ1v) is 11.8. The number of hydrogen-bond donors (Lipinski definition) is 1. The Balaban J connectivity index is 1.64. The lowest BCUT2D eigenvalue weighted by molar-refractivity contribution is -0.115. The molecule has 5 nitrogen and oxygen atoms in total. The molecular weight excluding hydrogens is 447 g/mol. The summed E-state index contributed by atoms with van der Waals surface area (Å²) in [5.41, 5.74) is 1.23. The molecule has 3 aromatic carbocycles. The van der Waals surface area contributed by atoms with Crippen LogP contribution in [0.25, 0.3) is 0 Å². The molecule has 1 aliphatic heterocycles. The van der Waals surface area contributed by atoms with Crippen molar-refractivity contribution < 1.29 is 17.6 Å². The molecule has 4 rings (SSSR count). The van der Waals surface area contributed by atoms with Gasteiger partial charge in [-0.2, -0.15) is 0 Å². The summed E-state index contributed by atoms with van der Waals surface area (Å²) in [6, 6.07) is 18.7. The largest absolute Gasteiger partial charge is 0.292 e. The quantitative estimate of drug-likeness (QED) is 0.575. The van der Waals surface area contributed by atoms with Gasteiger partial charge in [-0.25, -0.2) is 12.8 Å². The highest BCUT2D eigenvalue weighted by molar-refractivity contribution is 8.00. The van der Waals surface area contributed by atoms with Crippen LogP contribution >= 0.6 is 23.4 Å². The number of nitrogens with zero attached hydrogens (tertiary/aromatic N) is 1. The molecule has 0 saturated carbocycles. The minimum absolute atomic E-state index is 0.0794. The SMILES string of the molecule is O=C1CSC(c2cccc(NS(=O)(=O)c3ccc(Cl)cc3)c2)N1c1ccccc1F. The Bertz CT molecular complexity index is 1200. The van der Waals surface area contributed by atoms with Crippen LogP contribution in [-0.2, 0) is 14.8 Å². The summed E-state index contributed by atoms with van der Waals surface area (Å²) in [6.45, 7) is 0. The number of para-hydroxylation sites is 1. The third kappa shape index (κ3) is 4.16. The number of thioether (sulfide) groups is 1. The first kappa shape index (κ1) is 20.7. The van der Waals surface area contributed by atoms with Crippen molar-refractivity contribution >= 4 is 50.7 Å². The number of rotatable bonds is 5. The van der Waals surface area contributed by atoms with Crippen molar-refractivity contribution in [2.75, 3.05) is 15.4 Å². The lowest BCUT2D eigenvalue weighted by Crippen LogP contribution is -2.28. The van der Waals surface area contributed by atoms with Crippen LogP contribution in [0.15, 0.2) is 77.7 Å². The molecule has 1 amide bonds. The van der Waals surface area contributed by atoms with Gasteiger partial charge in [-0.15, -0.1) is 11.8 Å². The van der Waals surface area contributed by atoms with Crippen LogP contribution in [0, 0.1) is 5.82 Å². The first-order valence-electron chi connectivity index (χ1n) is 8.92. The number of nitrogens with one attached hydrogen (secondary N) is 1. The van der Waals surface area contributed by atoms with Gasteiger partial charge in [-0.05, 0) is 54.1 Å². The summed E-state index contributed by atoms with van der Waals surface area (Å²) in [6.07, 6.45) is 0. The molecule has 3 aromatic rings. The Labute approximate surface area is 182 Å². The predicted octanol–water partition coefficient (Wildman–Crippen LogP) is 5.06. The molecule has 0 aromatic heterocycles. The van der Waals surface area contributed by atoms with Gasteiger partial charge in [-0.3, -0.25) is 14.4 Å². The van der Waals surface area contributed by atoms with Crippen LogP contribution in [0.4, 0.5) is 15.8 Å². The standard InChI is InChI=1S/C21H16ClFN2O3S2/c22-15-8-10-17(11-9-15)30(27,28)24-16-5-3-4-14(12-16)21-25(20(26)13-29-21)19-7-2-1-6-18(19)23/h1-12,21,24H,13H2. The van der Waals surface area contributed by atoms with Crippen molar-refractivity contribution in [3.63, 3.8) is 0 Å². The third-order valence-corrected chi connectivity index (χ3v) is 7.39. The maximum atomic E-state index is 14.3. The Hall–Kier alpha value is -2.55. The highest BCUT2D eigenvalue weighted by Gasteiger charge is 2.35. The van der Waals surface area contributed by atoms with Crippen molar-refractivity contribution in [2.45, 2.75) is 10.3 Å². The van der Waals surface area contributed by atoms with Crippen LogP contribution in [0.5, 0.6) is 0 Å². The monoisotopic (exact) mass is 462 g/mol. The molecule has 9 heteroatoms. The summed E-state index contributed by atoms with van der Waals surface area (Å²) in [7, 11) is -3.81. The zero-order valence-corrected chi connectivity index (χ0v) is 17.8. The average molecular weight is 463 g/mol. The van der Waals surface area contributed by atoms with E-state index in [1.54, 1.807) is 42.5 Å². The van der Waals surface area contributed by atoms with Crippen LogP contribution in [0.3, 0.4) is 0 Å². The average Bonchev–Trinajstić information content (AvgIpc) is 3.10. The van der Waals surface area contributed by atoms with Gasteiger partial charge in [0.25, 0.3) is 10.0 Å². The zero-order valence-electron chi connectivity index (χ0n) is 15.5. The highest BCUT2D eigenvalue weighted by Crippen LogP contribution is 2.43. The smallest absolute Gasteiger partial charge is 0.261 e. The van der Waals surface area contributed by atoms with Crippen molar-refractivity contribution in [3.8, 4) is 0 Å². The second kappa shape index (κ2) is 8.29. The van der Waals surface area contributed by atoms with Crippen molar-refractivity contribution in [1.82, 2.24) is 0 Å². The fraction of sp³-hybridized carbons (Fsp3) is 0.0952. The van der Waals surface area contributed by atoms with E-state index in [2.05, 4.69) is 4.72 Å². The lowest BCUT2D eigenvalue weighted by Gasteiger charge is -2.25. The summed E-state index contributed by atoms with van der Waals surface area (Å²) >= 11 is 7.18. The number of benzene rings is 3. The second-order valence-corrected chi connectivity index (χ2v) is 9.75. The van der Waals surface area contributed by atoms with E-state index in [1.807, 2.05) is 0 Å². The molecule has 1 N–H and O–H groups in total. The number of carbonyl (C=O) groups excluding carboxylic acids is 1. The van der Waals surface area contributed by atoms with E-state index in [-0.39, 0.29) is 22.2 Å². The molecule has 154 valence electrons.